The summed E-state index contributed by atoms with van der Waals surface area (Å²) in [5, 5.41) is 24.0. The van der Waals surface area contributed by atoms with Crippen LogP contribution in [0.15, 0.2) is 0 Å². The SMILES string of the molecule is OO.OO.[O]=[Ti]. The fourth-order valence-corrected chi connectivity index (χ4v) is 0. The average Bonchev–Trinajstić information content (AvgIpc) is 1.81. The van der Waals surface area contributed by atoms with Crippen LogP contribution in [0.2, 0.25) is 0 Å². The van der Waals surface area contributed by atoms with E-state index in [9.17, 15) is 0 Å². The average molecular weight is 132 g/mol. The van der Waals surface area contributed by atoms with Gasteiger partial charge in [-0.1, -0.05) is 0 Å². The Hall–Kier alpha value is 0.354. The summed E-state index contributed by atoms with van der Waals surface area (Å²) in [6, 6.07) is 0. The molecule has 0 spiro atoms. The van der Waals surface area contributed by atoms with Gasteiger partial charge in [-0.3, -0.25) is 21.0 Å². The van der Waals surface area contributed by atoms with Crippen molar-refractivity contribution in [2.75, 3.05) is 0 Å². The van der Waals surface area contributed by atoms with Gasteiger partial charge in [0.15, 0.2) is 0 Å². The Labute approximate surface area is 45.4 Å². The van der Waals surface area contributed by atoms with Crippen molar-refractivity contribution in [2.45, 2.75) is 0 Å². The van der Waals surface area contributed by atoms with E-state index in [1.165, 1.54) is 0 Å². The maximum atomic E-state index is 8.25. The zero-order chi connectivity index (χ0) is 6.00. The van der Waals surface area contributed by atoms with Crippen LogP contribution in [0.1, 0.15) is 0 Å². The summed E-state index contributed by atoms with van der Waals surface area (Å²) in [6.07, 6.45) is 0. The molecule has 0 amide bonds. The summed E-state index contributed by atoms with van der Waals surface area (Å²) in [7, 11) is 0. The van der Waals surface area contributed by atoms with Crippen molar-refractivity contribution in [3.05, 3.63) is 0 Å². The molecule has 0 saturated heterocycles. The maximum absolute atomic E-state index is 8.25. The van der Waals surface area contributed by atoms with Crippen LogP contribution in [0.25, 0.3) is 0 Å². The Kier molecular flexibility index (Phi) is 2180. The third-order valence-electron chi connectivity index (χ3n) is 0. The van der Waals surface area contributed by atoms with E-state index in [-0.39, 0.29) is 0 Å². The molecule has 0 unspecified atom stereocenters. The molecule has 0 rings (SSSR count). The summed E-state index contributed by atoms with van der Waals surface area (Å²) >= 11 is 0.750. The number of rotatable bonds is 0. The molecule has 38 valence electrons. The number of hydrogen-bond donors (Lipinski definition) is 4. The zero-order valence-corrected chi connectivity index (χ0v) is 4.26. The molecule has 6 heavy (non-hydrogen) atoms. The molecule has 0 fully saturated rings. The topological polar surface area (TPSA) is 98.0 Å². The van der Waals surface area contributed by atoms with Gasteiger partial charge in [0.1, 0.15) is 0 Å². The van der Waals surface area contributed by atoms with E-state index in [4.69, 9.17) is 24.4 Å². The minimum absolute atomic E-state index is 0.750. The van der Waals surface area contributed by atoms with Crippen molar-refractivity contribution >= 4 is 0 Å². The van der Waals surface area contributed by atoms with Crippen LogP contribution in [-0.2, 0) is 23.7 Å². The Morgan fingerprint density at radius 3 is 0.833 bits per heavy atom. The molecule has 0 aromatic carbocycles. The van der Waals surface area contributed by atoms with Crippen LogP contribution < -0.4 is 0 Å². The van der Waals surface area contributed by atoms with Crippen molar-refractivity contribution in [1.29, 1.82) is 0 Å². The van der Waals surface area contributed by atoms with Crippen molar-refractivity contribution in [3.8, 4) is 0 Å². The summed E-state index contributed by atoms with van der Waals surface area (Å²) in [4.78, 5) is 0. The second-order valence-electron chi connectivity index (χ2n) is 0. The van der Waals surface area contributed by atoms with Crippen LogP contribution in [0.4, 0.5) is 0 Å². The Balaban J connectivity index is -0.0000000225. The Bertz CT molecular complexity index is 3.90. The van der Waals surface area contributed by atoms with Crippen molar-refractivity contribution in [1.82, 2.24) is 0 Å². The van der Waals surface area contributed by atoms with Gasteiger partial charge in [-0.2, -0.15) is 0 Å². The minimum atomic E-state index is 0.750. The summed E-state index contributed by atoms with van der Waals surface area (Å²) in [5.41, 5.74) is 0. The third-order valence-corrected chi connectivity index (χ3v) is 0. The predicted octanol–water partition coefficient (Wildman–Crippen LogP) is -0.0865. The van der Waals surface area contributed by atoms with E-state index in [2.05, 4.69) is 0 Å². The molecule has 0 saturated carbocycles. The molecule has 0 aliphatic heterocycles. The van der Waals surface area contributed by atoms with Crippen molar-refractivity contribution in [3.63, 3.8) is 0 Å². The molecular formula is H4O5Ti. The normalized spacial score (nSPS) is 2.50. The first kappa shape index (κ1) is 16.2. The molecule has 6 heteroatoms. The first-order valence-corrected chi connectivity index (χ1v) is 1.24. The van der Waals surface area contributed by atoms with Gasteiger partial charge in [0.25, 0.3) is 0 Å². The van der Waals surface area contributed by atoms with E-state index in [1.54, 1.807) is 0 Å². The first-order chi connectivity index (χ1) is 3.00. The van der Waals surface area contributed by atoms with Gasteiger partial charge in [-0.15, -0.1) is 0 Å². The van der Waals surface area contributed by atoms with Gasteiger partial charge in [0.2, 0.25) is 0 Å². The van der Waals surface area contributed by atoms with Crippen molar-refractivity contribution in [2.24, 2.45) is 0 Å². The van der Waals surface area contributed by atoms with E-state index in [0.29, 0.717) is 0 Å². The second-order valence-corrected chi connectivity index (χ2v) is 0. The molecule has 0 heterocycles. The van der Waals surface area contributed by atoms with Crippen LogP contribution in [0.3, 0.4) is 0 Å². The van der Waals surface area contributed by atoms with Gasteiger partial charge in [-0.05, 0) is 0 Å². The van der Waals surface area contributed by atoms with Gasteiger partial charge in [0, 0.05) is 0 Å². The molecule has 5 nitrogen and oxygen atoms in total. The molecule has 0 bridgehead atoms. The predicted molar refractivity (Wildman–Crippen MR) is 11.2 cm³/mol. The summed E-state index contributed by atoms with van der Waals surface area (Å²) < 4.78 is 8.25. The van der Waals surface area contributed by atoms with Gasteiger partial charge >= 0.3 is 23.7 Å². The molecule has 0 aromatic heterocycles. The van der Waals surface area contributed by atoms with Gasteiger partial charge < -0.3 is 0 Å². The number of hydrogen-bond acceptors (Lipinski definition) is 5. The Morgan fingerprint density at radius 1 is 0.833 bits per heavy atom. The molecular weight excluding hydrogens is 128 g/mol. The van der Waals surface area contributed by atoms with Gasteiger partial charge in [-0.25, -0.2) is 0 Å². The van der Waals surface area contributed by atoms with E-state index in [1.807, 2.05) is 0 Å². The first-order valence-electron chi connectivity index (χ1n) is 0.604. The van der Waals surface area contributed by atoms with E-state index < -0.39 is 0 Å². The summed E-state index contributed by atoms with van der Waals surface area (Å²) in [6.45, 7) is 0. The van der Waals surface area contributed by atoms with Gasteiger partial charge in [0.05, 0.1) is 0 Å². The molecule has 0 aromatic rings. The fourth-order valence-electron chi connectivity index (χ4n) is 0. The monoisotopic (exact) mass is 132 g/mol. The van der Waals surface area contributed by atoms with Crippen LogP contribution >= 0.6 is 0 Å². The molecule has 4 N–H and O–H groups in total. The van der Waals surface area contributed by atoms with Crippen molar-refractivity contribution < 1.29 is 44.8 Å². The zero-order valence-electron chi connectivity index (χ0n) is 2.70. The van der Waals surface area contributed by atoms with Crippen LogP contribution in [0.5, 0.6) is 0 Å². The Morgan fingerprint density at radius 2 is 0.833 bits per heavy atom. The molecule has 0 aliphatic rings. The second kappa shape index (κ2) is 809. The van der Waals surface area contributed by atoms with Crippen LogP contribution in [-0.4, -0.2) is 21.0 Å². The van der Waals surface area contributed by atoms with E-state index >= 15 is 0 Å². The fraction of sp³-hybridized carbons (Fsp3) is 0. The quantitative estimate of drug-likeness (QED) is 0.210. The molecule has 0 radical (unpaired) electrons. The molecule has 0 atom stereocenters. The standard InChI is InChI=1S/2H2O2.O.Ti/c2*1-2;;/h2*1-2H;;. The summed E-state index contributed by atoms with van der Waals surface area (Å²) in [5.74, 6) is 0. The molecule has 0 aliphatic carbocycles. The van der Waals surface area contributed by atoms with E-state index in [0.717, 1.165) is 20.4 Å². The third kappa shape index (κ3) is 390. The van der Waals surface area contributed by atoms with Crippen LogP contribution in [0, 0.1) is 0 Å².